The molecule has 0 amide bonds. The molecule has 0 unspecified atom stereocenters. The Morgan fingerprint density at radius 3 is 1.94 bits per heavy atom. The third-order valence-electron chi connectivity index (χ3n) is 3.34. The smallest absolute Gasteiger partial charge is 0.0110 e. The third kappa shape index (κ3) is 6.39. The van der Waals surface area contributed by atoms with Crippen LogP contribution in [0.15, 0.2) is 0 Å². The van der Waals surface area contributed by atoms with Gasteiger partial charge in [-0.05, 0) is 33.2 Å². The number of piperazine rings is 1. The van der Waals surface area contributed by atoms with Gasteiger partial charge in [-0.3, -0.25) is 0 Å². The molecular weight excluding hydrogens is 210 g/mol. The Kier molecular flexibility index (Phi) is 4.99. The zero-order valence-corrected chi connectivity index (χ0v) is 12.6. The number of hydrogen-bond donors (Lipinski definition) is 1. The molecule has 1 rings (SSSR count). The molecule has 1 aliphatic rings. The number of nitrogens with zero attached hydrogens (tertiary/aromatic N) is 2. The Bertz CT molecular complexity index is 222. The van der Waals surface area contributed by atoms with Crippen molar-refractivity contribution in [2.24, 2.45) is 5.41 Å². The first kappa shape index (κ1) is 14.9. The van der Waals surface area contributed by atoms with Crippen molar-refractivity contribution in [3.05, 3.63) is 0 Å². The SMILES string of the molecule is CN1CCN(CC(C)(C)CNC(C)(C)C)CC1. The molecule has 0 radical (unpaired) electrons. The normalized spacial score (nSPS) is 20.8. The van der Waals surface area contributed by atoms with E-state index in [2.05, 4.69) is 56.8 Å². The lowest BCUT2D eigenvalue weighted by atomic mass is 9.91. The molecule has 0 aromatic carbocycles. The van der Waals surface area contributed by atoms with Gasteiger partial charge in [0.2, 0.25) is 0 Å². The van der Waals surface area contributed by atoms with Crippen LogP contribution in [-0.2, 0) is 0 Å². The van der Waals surface area contributed by atoms with E-state index in [1.165, 1.54) is 32.7 Å². The maximum atomic E-state index is 3.62. The van der Waals surface area contributed by atoms with Gasteiger partial charge in [0, 0.05) is 44.8 Å². The number of hydrogen-bond acceptors (Lipinski definition) is 3. The van der Waals surface area contributed by atoms with E-state index in [-0.39, 0.29) is 5.54 Å². The zero-order chi connectivity index (χ0) is 13.1. The van der Waals surface area contributed by atoms with Gasteiger partial charge in [-0.2, -0.15) is 0 Å². The summed E-state index contributed by atoms with van der Waals surface area (Å²) in [6.07, 6.45) is 0. The van der Waals surface area contributed by atoms with Gasteiger partial charge in [0.05, 0.1) is 0 Å². The molecule has 1 saturated heterocycles. The van der Waals surface area contributed by atoms with Gasteiger partial charge in [0.25, 0.3) is 0 Å². The molecule has 1 heterocycles. The molecule has 0 bridgehead atoms. The summed E-state index contributed by atoms with van der Waals surface area (Å²) in [5.74, 6) is 0. The lowest BCUT2D eigenvalue weighted by molar-refractivity contribution is 0.107. The van der Waals surface area contributed by atoms with E-state index in [1.807, 2.05) is 0 Å². The number of likely N-dealkylation sites (N-methyl/N-ethyl adjacent to an activating group) is 1. The van der Waals surface area contributed by atoms with E-state index in [0.29, 0.717) is 5.41 Å². The van der Waals surface area contributed by atoms with Crippen molar-refractivity contribution in [3.63, 3.8) is 0 Å². The maximum absolute atomic E-state index is 3.62. The summed E-state index contributed by atoms with van der Waals surface area (Å²) in [5.41, 5.74) is 0.572. The first-order chi connectivity index (χ1) is 7.68. The van der Waals surface area contributed by atoms with Crippen molar-refractivity contribution in [3.8, 4) is 0 Å². The quantitative estimate of drug-likeness (QED) is 0.807. The van der Waals surface area contributed by atoms with E-state index in [4.69, 9.17) is 0 Å². The summed E-state index contributed by atoms with van der Waals surface area (Å²) in [7, 11) is 2.21. The lowest BCUT2D eigenvalue weighted by Gasteiger charge is -2.39. The highest BCUT2D eigenvalue weighted by molar-refractivity contribution is 4.82. The Morgan fingerprint density at radius 1 is 0.941 bits per heavy atom. The van der Waals surface area contributed by atoms with Crippen molar-refractivity contribution in [1.82, 2.24) is 15.1 Å². The van der Waals surface area contributed by atoms with Crippen LogP contribution in [0.4, 0.5) is 0 Å². The van der Waals surface area contributed by atoms with Gasteiger partial charge in [-0.25, -0.2) is 0 Å². The highest BCUT2D eigenvalue weighted by atomic mass is 15.2. The summed E-state index contributed by atoms with van der Waals surface area (Å²) in [4.78, 5) is 5.02. The Morgan fingerprint density at radius 2 is 1.47 bits per heavy atom. The molecule has 0 atom stereocenters. The van der Waals surface area contributed by atoms with E-state index in [9.17, 15) is 0 Å². The Hall–Kier alpha value is -0.120. The maximum Gasteiger partial charge on any atom is 0.0110 e. The summed E-state index contributed by atoms with van der Waals surface area (Å²) in [6, 6.07) is 0. The van der Waals surface area contributed by atoms with E-state index in [0.717, 1.165) is 6.54 Å². The van der Waals surface area contributed by atoms with Crippen LogP contribution >= 0.6 is 0 Å². The molecule has 102 valence electrons. The van der Waals surface area contributed by atoms with Gasteiger partial charge in [0.1, 0.15) is 0 Å². The molecule has 1 N–H and O–H groups in total. The van der Waals surface area contributed by atoms with Gasteiger partial charge < -0.3 is 15.1 Å². The highest BCUT2D eigenvalue weighted by Gasteiger charge is 2.25. The van der Waals surface area contributed by atoms with Crippen molar-refractivity contribution in [2.75, 3.05) is 46.3 Å². The van der Waals surface area contributed by atoms with E-state index < -0.39 is 0 Å². The average molecular weight is 241 g/mol. The molecule has 0 saturated carbocycles. The molecule has 1 fully saturated rings. The van der Waals surface area contributed by atoms with Crippen LogP contribution in [0, 0.1) is 5.41 Å². The minimum absolute atomic E-state index is 0.222. The largest absolute Gasteiger partial charge is 0.311 e. The Labute approximate surface area is 108 Å². The van der Waals surface area contributed by atoms with E-state index in [1.54, 1.807) is 0 Å². The zero-order valence-electron chi connectivity index (χ0n) is 12.6. The van der Waals surface area contributed by atoms with Crippen molar-refractivity contribution >= 4 is 0 Å². The van der Waals surface area contributed by atoms with Crippen LogP contribution in [0.3, 0.4) is 0 Å². The number of nitrogens with one attached hydrogen (secondary N) is 1. The monoisotopic (exact) mass is 241 g/mol. The highest BCUT2D eigenvalue weighted by Crippen LogP contribution is 2.18. The topological polar surface area (TPSA) is 18.5 Å². The molecule has 0 spiro atoms. The molecular formula is C14H31N3. The lowest BCUT2D eigenvalue weighted by Crippen LogP contribution is -2.51. The fourth-order valence-electron chi connectivity index (χ4n) is 2.17. The van der Waals surface area contributed by atoms with Gasteiger partial charge in [-0.15, -0.1) is 0 Å². The second-order valence-corrected chi connectivity index (χ2v) is 7.35. The summed E-state index contributed by atoms with van der Waals surface area (Å²) in [5, 5.41) is 3.62. The molecule has 0 aliphatic carbocycles. The van der Waals surface area contributed by atoms with E-state index >= 15 is 0 Å². The molecule has 17 heavy (non-hydrogen) atoms. The third-order valence-corrected chi connectivity index (χ3v) is 3.34. The van der Waals surface area contributed by atoms with Crippen LogP contribution in [0.5, 0.6) is 0 Å². The summed E-state index contributed by atoms with van der Waals surface area (Å²) >= 11 is 0. The van der Waals surface area contributed by atoms with Gasteiger partial charge in [0.15, 0.2) is 0 Å². The fraction of sp³-hybridized carbons (Fsp3) is 1.00. The van der Waals surface area contributed by atoms with Crippen molar-refractivity contribution in [1.29, 1.82) is 0 Å². The first-order valence-electron chi connectivity index (χ1n) is 6.84. The molecule has 3 nitrogen and oxygen atoms in total. The molecule has 0 aromatic heterocycles. The van der Waals surface area contributed by atoms with Crippen LogP contribution in [0.25, 0.3) is 0 Å². The van der Waals surface area contributed by atoms with Crippen LogP contribution < -0.4 is 5.32 Å². The minimum Gasteiger partial charge on any atom is -0.311 e. The van der Waals surface area contributed by atoms with Gasteiger partial charge in [-0.1, -0.05) is 13.8 Å². The van der Waals surface area contributed by atoms with Crippen LogP contribution in [-0.4, -0.2) is 61.7 Å². The second-order valence-electron chi connectivity index (χ2n) is 7.35. The van der Waals surface area contributed by atoms with Crippen molar-refractivity contribution in [2.45, 2.75) is 40.2 Å². The minimum atomic E-state index is 0.222. The summed E-state index contributed by atoms with van der Waals surface area (Å²) < 4.78 is 0. The standard InChI is InChI=1S/C14H31N3/c1-13(2,3)15-11-14(4,5)12-17-9-7-16(6)8-10-17/h15H,7-12H2,1-6H3. The van der Waals surface area contributed by atoms with Crippen LogP contribution in [0.1, 0.15) is 34.6 Å². The molecule has 3 heteroatoms. The summed E-state index contributed by atoms with van der Waals surface area (Å²) in [6.45, 7) is 18.6. The van der Waals surface area contributed by atoms with Gasteiger partial charge >= 0.3 is 0 Å². The van der Waals surface area contributed by atoms with Crippen molar-refractivity contribution < 1.29 is 0 Å². The second kappa shape index (κ2) is 5.68. The average Bonchev–Trinajstić information content (AvgIpc) is 2.18. The first-order valence-corrected chi connectivity index (χ1v) is 6.84. The number of rotatable bonds is 4. The fourth-order valence-corrected chi connectivity index (χ4v) is 2.17. The predicted octanol–water partition coefficient (Wildman–Crippen LogP) is 1.65. The predicted molar refractivity (Wildman–Crippen MR) is 75.5 cm³/mol. The molecule has 0 aromatic rings. The molecule has 1 aliphatic heterocycles. The Balaban J connectivity index is 2.33. The van der Waals surface area contributed by atoms with Crippen LogP contribution in [0.2, 0.25) is 0 Å².